The van der Waals surface area contributed by atoms with Gasteiger partial charge in [-0.25, -0.2) is 4.39 Å². The van der Waals surface area contributed by atoms with Crippen LogP contribution in [-0.4, -0.2) is 47.7 Å². The number of carbonyl (C=O) groups is 1. The summed E-state index contributed by atoms with van der Waals surface area (Å²) in [5.41, 5.74) is 0.732. The highest BCUT2D eigenvalue weighted by Gasteiger charge is 2.50. The van der Waals surface area contributed by atoms with Gasteiger partial charge in [-0.15, -0.1) is 0 Å². The number of halogens is 1. The number of piperidine rings is 1. The minimum atomic E-state index is -0.275. The van der Waals surface area contributed by atoms with Gasteiger partial charge in [0, 0.05) is 31.4 Å². The zero-order valence-corrected chi connectivity index (χ0v) is 14.7. The zero-order valence-electron chi connectivity index (χ0n) is 14.7. The third-order valence-corrected chi connectivity index (χ3v) is 6.42. The van der Waals surface area contributed by atoms with Crippen LogP contribution in [0.25, 0.3) is 0 Å². The first-order valence-corrected chi connectivity index (χ1v) is 9.57. The number of hydrogen-bond acceptors (Lipinski definition) is 3. The molecule has 1 aliphatic carbocycles. The van der Waals surface area contributed by atoms with Crippen molar-refractivity contribution in [3.05, 3.63) is 30.1 Å². The van der Waals surface area contributed by atoms with E-state index >= 15 is 0 Å². The van der Waals surface area contributed by atoms with Gasteiger partial charge < -0.3 is 14.9 Å². The van der Waals surface area contributed by atoms with E-state index in [-0.39, 0.29) is 17.3 Å². The highest BCUT2D eigenvalue weighted by atomic mass is 19.1. The summed E-state index contributed by atoms with van der Waals surface area (Å²) >= 11 is 0. The lowest BCUT2D eigenvalue weighted by molar-refractivity contribution is -0.139. The lowest BCUT2D eigenvalue weighted by atomic mass is 9.78. The van der Waals surface area contributed by atoms with Gasteiger partial charge in [-0.1, -0.05) is 0 Å². The maximum Gasteiger partial charge on any atom is 0.230 e. The Labute approximate surface area is 148 Å². The number of carbonyl (C=O) groups excluding carboxylic acids is 1. The van der Waals surface area contributed by atoms with Crippen molar-refractivity contribution in [2.45, 2.75) is 57.1 Å². The number of likely N-dealkylation sites (tertiary alicyclic amines) is 1. The minimum Gasteiger partial charge on any atom is -0.393 e. The number of nitrogens with zero attached hydrogens (tertiary/aromatic N) is 2. The zero-order chi connectivity index (χ0) is 17.4. The Morgan fingerprint density at radius 2 is 1.76 bits per heavy atom. The molecule has 1 N–H and O–H groups in total. The second-order valence-corrected chi connectivity index (χ2v) is 7.99. The molecule has 0 aromatic heterocycles. The fourth-order valence-corrected chi connectivity index (χ4v) is 4.95. The second kappa shape index (κ2) is 6.60. The normalized spacial score (nSPS) is 33.3. The Bertz CT molecular complexity index is 627. The summed E-state index contributed by atoms with van der Waals surface area (Å²) in [5, 5.41) is 9.72. The molecular formula is C20H27FN2O2. The topological polar surface area (TPSA) is 43.8 Å². The Morgan fingerprint density at radius 3 is 2.48 bits per heavy atom. The Balaban J connectivity index is 1.48. The molecule has 5 heteroatoms. The maximum atomic E-state index is 13.3. The number of rotatable bonds is 2. The minimum absolute atomic E-state index is 0.188. The highest BCUT2D eigenvalue weighted by molar-refractivity contribution is 5.86. The highest BCUT2D eigenvalue weighted by Crippen LogP contribution is 2.43. The molecule has 2 aliphatic heterocycles. The SMILES string of the molecule is O=C1N(C2CCC(O)CC2)CC[C@@]12CCCN(c1ccc(F)cc1)C2. The van der Waals surface area contributed by atoms with Gasteiger partial charge in [-0.3, -0.25) is 4.79 Å². The van der Waals surface area contributed by atoms with Gasteiger partial charge in [0.15, 0.2) is 0 Å². The van der Waals surface area contributed by atoms with Crippen molar-refractivity contribution >= 4 is 11.6 Å². The molecule has 1 amide bonds. The van der Waals surface area contributed by atoms with Crippen molar-refractivity contribution in [2.75, 3.05) is 24.5 Å². The van der Waals surface area contributed by atoms with E-state index in [2.05, 4.69) is 9.80 Å². The van der Waals surface area contributed by atoms with Gasteiger partial charge in [0.1, 0.15) is 5.82 Å². The maximum absolute atomic E-state index is 13.3. The molecular weight excluding hydrogens is 319 g/mol. The summed E-state index contributed by atoms with van der Waals surface area (Å²) < 4.78 is 13.2. The lowest BCUT2D eigenvalue weighted by Crippen LogP contribution is -2.50. The molecule has 3 fully saturated rings. The first-order valence-electron chi connectivity index (χ1n) is 9.57. The van der Waals surface area contributed by atoms with Crippen LogP contribution in [0.4, 0.5) is 10.1 Å². The molecule has 1 spiro atoms. The van der Waals surface area contributed by atoms with Crippen LogP contribution >= 0.6 is 0 Å². The van der Waals surface area contributed by atoms with E-state index in [9.17, 15) is 14.3 Å². The van der Waals surface area contributed by atoms with E-state index in [1.165, 1.54) is 12.1 Å². The molecule has 136 valence electrons. The predicted molar refractivity (Wildman–Crippen MR) is 94.9 cm³/mol. The molecule has 0 radical (unpaired) electrons. The molecule has 0 unspecified atom stereocenters. The molecule has 2 saturated heterocycles. The number of aliphatic hydroxyl groups excluding tert-OH is 1. The van der Waals surface area contributed by atoms with E-state index in [0.29, 0.717) is 11.9 Å². The van der Waals surface area contributed by atoms with Crippen molar-refractivity contribution < 1.29 is 14.3 Å². The lowest BCUT2D eigenvalue weighted by Gasteiger charge is -2.41. The average molecular weight is 346 g/mol. The van der Waals surface area contributed by atoms with Gasteiger partial charge in [0.25, 0.3) is 0 Å². The van der Waals surface area contributed by atoms with Crippen LogP contribution in [0.5, 0.6) is 0 Å². The number of hydrogen-bond donors (Lipinski definition) is 1. The molecule has 3 aliphatic rings. The van der Waals surface area contributed by atoms with E-state index in [4.69, 9.17) is 0 Å². The summed E-state index contributed by atoms with van der Waals surface area (Å²) in [7, 11) is 0. The van der Waals surface area contributed by atoms with Gasteiger partial charge in [-0.2, -0.15) is 0 Å². The van der Waals surface area contributed by atoms with Crippen LogP contribution in [0.1, 0.15) is 44.9 Å². The fraction of sp³-hybridized carbons (Fsp3) is 0.650. The molecule has 1 atom stereocenters. The van der Waals surface area contributed by atoms with Crippen LogP contribution in [0.2, 0.25) is 0 Å². The third kappa shape index (κ3) is 3.14. The molecule has 4 nitrogen and oxygen atoms in total. The van der Waals surface area contributed by atoms with Crippen LogP contribution in [0.15, 0.2) is 24.3 Å². The van der Waals surface area contributed by atoms with Gasteiger partial charge in [-0.05, 0) is 69.2 Å². The molecule has 0 bridgehead atoms. The quantitative estimate of drug-likeness (QED) is 0.895. The van der Waals surface area contributed by atoms with Crippen molar-refractivity contribution in [1.82, 2.24) is 4.90 Å². The van der Waals surface area contributed by atoms with Crippen LogP contribution in [-0.2, 0) is 4.79 Å². The largest absolute Gasteiger partial charge is 0.393 e. The van der Waals surface area contributed by atoms with Crippen LogP contribution in [0, 0.1) is 11.2 Å². The molecule has 25 heavy (non-hydrogen) atoms. The van der Waals surface area contributed by atoms with Gasteiger partial charge >= 0.3 is 0 Å². The summed E-state index contributed by atoms with van der Waals surface area (Å²) in [6, 6.07) is 6.91. The molecule has 1 aromatic rings. The smallest absolute Gasteiger partial charge is 0.230 e. The number of anilines is 1. The van der Waals surface area contributed by atoms with Gasteiger partial charge in [0.05, 0.1) is 11.5 Å². The van der Waals surface area contributed by atoms with Crippen LogP contribution < -0.4 is 4.90 Å². The second-order valence-electron chi connectivity index (χ2n) is 7.99. The van der Waals surface area contributed by atoms with Crippen molar-refractivity contribution in [2.24, 2.45) is 5.41 Å². The monoisotopic (exact) mass is 346 g/mol. The van der Waals surface area contributed by atoms with Crippen LogP contribution in [0.3, 0.4) is 0 Å². The molecule has 1 saturated carbocycles. The van der Waals surface area contributed by atoms with E-state index in [0.717, 1.165) is 70.3 Å². The van der Waals surface area contributed by atoms with Crippen molar-refractivity contribution in [3.8, 4) is 0 Å². The summed E-state index contributed by atoms with van der Waals surface area (Å²) in [6.45, 7) is 2.51. The van der Waals surface area contributed by atoms with Crippen molar-refractivity contribution in [1.29, 1.82) is 0 Å². The summed E-state index contributed by atoms with van der Waals surface area (Å²) in [6.07, 6.45) is 6.14. The first-order chi connectivity index (χ1) is 12.1. The number of amides is 1. The molecule has 2 heterocycles. The predicted octanol–water partition coefficient (Wildman–Crippen LogP) is 2.95. The van der Waals surface area contributed by atoms with E-state index in [1.54, 1.807) is 0 Å². The standard InChI is InChI=1S/C20H27FN2O2/c21-15-2-4-16(5-3-15)22-12-1-10-20(14-22)11-13-23(19(20)25)17-6-8-18(24)9-7-17/h2-5,17-18,24H,1,6-14H2/t17?,18?,20-/m1/s1. The van der Waals surface area contributed by atoms with E-state index in [1.807, 2.05) is 12.1 Å². The Kier molecular flexibility index (Phi) is 4.44. The molecule has 4 rings (SSSR count). The fourth-order valence-electron chi connectivity index (χ4n) is 4.95. The summed E-state index contributed by atoms with van der Waals surface area (Å²) in [4.78, 5) is 17.6. The van der Waals surface area contributed by atoms with E-state index < -0.39 is 0 Å². The third-order valence-electron chi connectivity index (χ3n) is 6.42. The Hall–Kier alpha value is -1.62. The number of aliphatic hydroxyl groups is 1. The van der Waals surface area contributed by atoms with Gasteiger partial charge in [0.2, 0.25) is 5.91 Å². The average Bonchev–Trinajstić information content (AvgIpc) is 2.93. The number of benzene rings is 1. The Morgan fingerprint density at radius 1 is 1.04 bits per heavy atom. The summed E-state index contributed by atoms with van der Waals surface area (Å²) in [5.74, 6) is 0.0822. The van der Waals surface area contributed by atoms with Crippen molar-refractivity contribution in [3.63, 3.8) is 0 Å². The molecule has 1 aromatic carbocycles. The first kappa shape index (κ1) is 16.8.